The third-order valence-electron chi connectivity index (χ3n) is 4.57. The van der Waals surface area contributed by atoms with Gasteiger partial charge in [-0.05, 0) is 43.2 Å². The summed E-state index contributed by atoms with van der Waals surface area (Å²) in [4.78, 5) is 26.5. The maximum absolute atomic E-state index is 12.6. The van der Waals surface area contributed by atoms with E-state index in [4.69, 9.17) is 27.9 Å². The number of rotatable bonds is 6. The normalized spacial score (nSPS) is 13.6. The van der Waals surface area contributed by atoms with Gasteiger partial charge in [0.05, 0.1) is 10.7 Å². The second kappa shape index (κ2) is 10.1. The number of nitrogens with one attached hydrogen (secondary N) is 1. The first-order valence-corrected chi connectivity index (χ1v) is 10.1. The number of ether oxygens (including phenoxy) is 1. The lowest BCUT2D eigenvalue weighted by Gasteiger charge is -2.16. The Hall–Kier alpha value is -3.01. The fraction of sp³-hybridized carbons (Fsp3) is 0.227. The molecule has 0 bridgehead atoms. The molecule has 1 fully saturated rings. The average molecular weight is 444 g/mol. The Bertz CT molecular complexity index is 1020. The molecule has 0 unspecified atom stereocenters. The van der Waals surface area contributed by atoms with Gasteiger partial charge in [-0.15, -0.1) is 0 Å². The van der Waals surface area contributed by atoms with Crippen LogP contribution in [0.4, 0.5) is 5.69 Å². The predicted molar refractivity (Wildman–Crippen MR) is 116 cm³/mol. The summed E-state index contributed by atoms with van der Waals surface area (Å²) in [6.07, 6.45) is 3.41. The molecule has 0 atom stereocenters. The van der Waals surface area contributed by atoms with Gasteiger partial charge >= 0.3 is 0 Å². The van der Waals surface area contributed by atoms with Crippen LogP contribution in [0.3, 0.4) is 0 Å². The van der Waals surface area contributed by atoms with Crippen LogP contribution in [0.1, 0.15) is 18.4 Å². The molecule has 2 amide bonds. The van der Waals surface area contributed by atoms with E-state index < -0.39 is 5.91 Å². The molecule has 1 heterocycles. The summed E-state index contributed by atoms with van der Waals surface area (Å²) >= 11 is 12.0. The lowest BCUT2D eigenvalue weighted by atomic mass is 10.1. The molecule has 154 valence electrons. The Balaban J connectivity index is 1.75. The summed E-state index contributed by atoms with van der Waals surface area (Å²) in [6.45, 7) is 1.39. The zero-order valence-corrected chi connectivity index (χ0v) is 17.5. The Morgan fingerprint density at radius 3 is 2.63 bits per heavy atom. The largest absolute Gasteiger partial charge is 0.483 e. The van der Waals surface area contributed by atoms with Crippen LogP contribution in [0.25, 0.3) is 6.08 Å². The average Bonchev–Trinajstić information content (AvgIpc) is 3.28. The monoisotopic (exact) mass is 443 g/mol. The van der Waals surface area contributed by atoms with Crippen molar-refractivity contribution in [1.82, 2.24) is 4.90 Å². The van der Waals surface area contributed by atoms with Gasteiger partial charge in [-0.25, -0.2) is 0 Å². The van der Waals surface area contributed by atoms with Crippen molar-refractivity contribution in [2.45, 2.75) is 12.8 Å². The molecule has 1 aliphatic heterocycles. The number of amides is 2. The third-order valence-corrected chi connectivity index (χ3v) is 5.14. The second-order valence-electron chi connectivity index (χ2n) is 6.66. The Morgan fingerprint density at radius 1 is 1.17 bits per heavy atom. The molecule has 0 spiro atoms. The number of hydrogen-bond acceptors (Lipinski definition) is 4. The summed E-state index contributed by atoms with van der Waals surface area (Å²) in [7, 11) is 0. The van der Waals surface area contributed by atoms with Gasteiger partial charge in [0.25, 0.3) is 11.8 Å². The van der Waals surface area contributed by atoms with E-state index in [9.17, 15) is 14.9 Å². The minimum Gasteiger partial charge on any atom is -0.483 e. The highest BCUT2D eigenvalue weighted by Gasteiger charge is 2.19. The van der Waals surface area contributed by atoms with Crippen LogP contribution in [0.2, 0.25) is 10.0 Å². The van der Waals surface area contributed by atoms with Crippen molar-refractivity contribution in [2.24, 2.45) is 0 Å². The highest BCUT2D eigenvalue weighted by molar-refractivity contribution is 6.36. The lowest BCUT2D eigenvalue weighted by molar-refractivity contribution is -0.132. The molecule has 3 rings (SSSR count). The van der Waals surface area contributed by atoms with E-state index in [1.54, 1.807) is 41.3 Å². The van der Waals surface area contributed by atoms with E-state index in [0.29, 0.717) is 27.0 Å². The van der Waals surface area contributed by atoms with Gasteiger partial charge < -0.3 is 15.0 Å². The van der Waals surface area contributed by atoms with E-state index in [0.717, 1.165) is 25.9 Å². The van der Waals surface area contributed by atoms with Crippen molar-refractivity contribution in [3.05, 3.63) is 63.6 Å². The highest BCUT2D eigenvalue weighted by Crippen LogP contribution is 2.26. The van der Waals surface area contributed by atoms with E-state index in [2.05, 4.69) is 5.32 Å². The van der Waals surface area contributed by atoms with Crippen LogP contribution in [-0.2, 0) is 9.59 Å². The molecule has 0 aliphatic carbocycles. The van der Waals surface area contributed by atoms with Crippen LogP contribution in [0.15, 0.2) is 48.0 Å². The number of nitrogens with zero attached hydrogens (tertiary/aromatic N) is 2. The van der Waals surface area contributed by atoms with Gasteiger partial charge in [-0.2, -0.15) is 5.26 Å². The first kappa shape index (κ1) is 21.7. The number of benzene rings is 2. The second-order valence-corrected chi connectivity index (χ2v) is 7.51. The van der Waals surface area contributed by atoms with Crippen molar-refractivity contribution in [3.63, 3.8) is 0 Å². The van der Waals surface area contributed by atoms with Crippen molar-refractivity contribution in [3.8, 4) is 11.8 Å². The third kappa shape index (κ3) is 5.53. The summed E-state index contributed by atoms with van der Waals surface area (Å²) in [5.74, 6) is -0.309. The smallest absolute Gasteiger partial charge is 0.266 e. The van der Waals surface area contributed by atoms with Gasteiger partial charge in [0.1, 0.15) is 17.4 Å². The molecule has 0 aromatic heterocycles. The van der Waals surface area contributed by atoms with Crippen molar-refractivity contribution in [1.29, 1.82) is 5.26 Å². The lowest BCUT2D eigenvalue weighted by Crippen LogP contribution is -2.32. The Morgan fingerprint density at radius 2 is 1.90 bits per heavy atom. The van der Waals surface area contributed by atoms with Gasteiger partial charge in [-0.1, -0.05) is 41.4 Å². The Kier molecular flexibility index (Phi) is 7.34. The number of anilines is 1. The zero-order valence-electron chi connectivity index (χ0n) is 16.0. The molecule has 1 saturated heterocycles. The Labute approximate surface area is 184 Å². The number of nitriles is 1. The standard InChI is InChI=1S/C22H19Cl2N3O3/c23-17-7-8-18(24)19(12-17)26-22(29)16(13-25)11-15-5-1-2-6-20(15)30-14-21(28)27-9-3-4-10-27/h1-2,5-8,11-12H,3-4,9-10,14H2,(H,26,29)/b16-11+. The molecule has 8 heteroatoms. The van der Waals surface area contributed by atoms with Crippen LogP contribution < -0.4 is 10.1 Å². The van der Waals surface area contributed by atoms with Gasteiger partial charge in [0, 0.05) is 23.7 Å². The molecule has 2 aromatic carbocycles. The molecule has 30 heavy (non-hydrogen) atoms. The van der Waals surface area contributed by atoms with E-state index >= 15 is 0 Å². The number of likely N-dealkylation sites (tertiary alicyclic amines) is 1. The molecular weight excluding hydrogens is 425 g/mol. The molecule has 2 aromatic rings. The van der Waals surface area contributed by atoms with Crippen LogP contribution in [-0.4, -0.2) is 36.4 Å². The van der Waals surface area contributed by atoms with Gasteiger partial charge in [0.15, 0.2) is 6.61 Å². The maximum Gasteiger partial charge on any atom is 0.266 e. The van der Waals surface area contributed by atoms with E-state index in [-0.39, 0.29) is 18.1 Å². The number of halogens is 2. The number of carbonyl (C=O) groups excluding carboxylic acids is 2. The zero-order chi connectivity index (χ0) is 21.5. The topological polar surface area (TPSA) is 82.4 Å². The maximum atomic E-state index is 12.6. The summed E-state index contributed by atoms with van der Waals surface area (Å²) in [5, 5.41) is 12.8. The fourth-order valence-electron chi connectivity index (χ4n) is 3.02. The first-order chi connectivity index (χ1) is 14.5. The van der Waals surface area contributed by atoms with Crippen molar-refractivity contribution >= 4 is 46.8 Å². The minimum absolute atomic E-state index is 0.0832. The fourth-order valence-corrected chi connectivity index (χ4v) is 3.35. The quantitative estimate of drug-likeness (QED) is 0.524. The first-order valence-electron chi connectivity index (χ1n) is 9.35. The van der Waals surface area contributed by atoms with Gasteiger partial charge in [-0.3, -0.25) is 9.59 Å². The molecule has 6 nitrogen and oxygen atoms in total. The summed E-state index contributed by atoms with van der Waals surface area (Å²) < 4.78 is 5.67. The number of carbonyl (C=O) groups is 2. The molecular formula is C22H19Cl2N3O3. The molecule has 1 N–H and O–H groups in total. The van der Waals surface area contributed by atoms with Crippen LogP contribution >= 0.6 is 23.2 Å². The molecule has 0 radical (unpaired) electrons. The van der Waals surface area contributed by atoms with Crippen LogP contribution in [0.5, 0.6) is 5.75 Å². The van der Waals surface area contributed by atoms with Gasteiger partial charge in [0.2, 0.25) is 0 Å². The minimum atomic E-state index is -0.635. The molecule has 0 saturated carbocycles. The van der Waals surface area contributed by atoms with Crippen LogP contribution in [0, 0.1) is 11.3 Å². The molecule has 1 aliphatic rings. The van der Waals surface area contributed by atoms with Crippen molar-refractivity contribution < 1.29 is 14.3 Å². The highest BCUT2D eigenvalue weighted by atomic mass is 35.5. The van der Waals surface area contributed by atoms with E-state index in [1.807, 2.05) is 6.07 Å². The van der Waals surface area contributed by atoms with E-state index in [1.165, 1.54) is 12.1 Å². The number of hydrogen-bond donors (Lipinski definition) is 1. The summed E-state index contributed by atoms with van der Waals surface area (Å²) in [6, 6.07) is 13.4. The number of para-hydroxylation sites is 1. The SMILES string of the molecule is N#C/C(=C\c1ccccc1OCC(=O)N1CCCC1)C(=O)Nc1cc(Cl)ccc1Cl. The summed E-state index contributed by atoms with van der Waals surface area (Å²) in [5.41, 5.74) is 0.666. The van der Waals surface area contributed by atoms with Crippen molar-refractivity contribution in [2.75, 3.05) is 25.0 Å². The predicted octanol–water partition coefficient (Wildman–Crippen LogP) is 4.54.